The molecule has 0 unspecified atom stereocenters. The molecule has 1 saturated heterocycles. The van der Waals surface area contributed by atoms with Crippen molar-refractivity contribution in [1.82, 2.24) is 9.88 Å². The first-order valence-electron chi connectivity index (χ1n) is 8.19. The number of carbonyl (C=O) groups excluding carboxylic acids is 1. The lowest BCUT2D eigenvalue weighted by Gasteiger charge is -2.32. The van der Waals surface area contributed by atoms with E-state index in [1.54, 1.807) is 37.7 Å². The van der Waals surface area contributed by atoms with Crippen LogP contribution in [0.1, 0.15) is 40.8 Å². The summed E-state index contributed by atoms with van der Waals surface area (Å²) in [5.74, 6) is 0. The Morgan fingerprint density at radius 1 is 1.42 bits per heavy atom. The Morgan fingerprint density at radius 3 is 2.77 bits per heavy atom. The number of nitrogens with zero attached hydrogens (tertiary/aromatic N) is 2. The number of ether oxygens (including phenoxy) is 1. The number of benzene rings is 1. The van der Waals surface area contributed by atoms with E-state index in [0.29, 0.717) is 18.6 Å². The lowest BCUT2D eigenvalue weighted by molar-refractivity contribution is -0.0421. The summed E-state index contributed by atoms with van der Waals surface area (Å²) in [5, 5.41) is 9.37. The highest BCUT2D eigenvalue weighted by Crippen LogP contribution is 2.41. The summed E-state index contributed by atoms with van der Waals surface area (Å²) >= 11 is 2.68. The van der Waals surface area contributed by atoms with Crippen LogP contribution in [0.4, 0.5) is 4.79 Å². The van der Waals surface area contributed by atoms with Crippen molar-refractivity contribution in [3.05, 3.63) is 52.5 Å². The molecule has 2 atom stereocenters. The third-order valence-corrected chi connectivity index (χ3v) is 6.51. The van der Waals surface area contributed by atoms with Gasteiger partial charge in [0.2, 0.25) is 5.12 Å². The van der Waals surface area contributed by atoms with E-state index in [9.17, 15) is 14.7 Å². The number of carboxylic acid groups (broad SMARTS) is 1. The number of rotatable bonds is 5. The molecule has 1 aliphatic heterocycles. The zero-order valence-corrected chi connectivity index (χ0v) is 16.1. The predicted molar refractivity (Wildman–Crippen MR) is 102 cm³/mol. The normalized spacial score (nSPS) is 20.1. The van der Waals surface area contributed by atoms with E-state index in [0.717, 1.165) is 4.88 Å². The molecular formula is C18H20N2O4S2. The predicted octanol–water partition coefficient (Wildman–Crippen LogP) is 4.26. The van der Waals surface area contributed by atoms with Crippen molar-refractivity contribution >= 4 is 34.3 Å². The molecule has 0 aliphatic carbocycles. The standard InChI is InChI=1S/C18H20N2O4S2/c1-18(2)20(17(22)23)13(10-24-18)8-14(15-9-19-11-25-15)26-16(21)12-6-4-3-5-7-12/h3-7,9,11,13-14H,8,10H2,1-2H3,(H,22,23)/t13-,14+/m0/s1. The lowest BCUT2D eigenvalue weighted by atomic mass is 10.1. The van der Waals surface area contributed by atoms with E-state index in [1.807, 2.05) is 18.2 Å². The molecule has 2 aromatic rings. The van der Waals surface area contributed by atoms with E-state index >= 15 is 0 Å². The van der Waals surface area contributed by atoms with Gasteiger partial charge in [0.05, 0.1) is 23.4 Å². The highest BCUT2D eigenvalue weighted by molar-refractivity contribution is 8.14. The molecule has 6 nitrogen and oxygen atoms in total. The van der Waals surface area contributed by atoms with E-state index in [-0.39, 0.29) is 16.4 Å². The Balaban J connectivity index is 1.80. The van der Waals surface area contributed by atoms with Gasteiger partial charge in [-0.1, -0.05) is 42.1 Å². The number of aromatic nitrogens is 1. The summed E-state index contributed by atoms with van der Waals surface area (Å²) in [6, 6.07) is 8.77. The molecule has 1 aromatic heterocycles. The van der Waals surface area contributed by atoms with Gasteiger partial charge >= 0.3 is 6.09 Å². The largest absolute Gasteiger partial charge is 0.465 e. The van der Waals surface area contributed by atoms with Crippen molar-refractivity contribution in [3.63, 3.8) is 0 Å². The van der Waals surface area contributed by atoms with Gasteiger partial charge in [-0.25, -0.2) is 4.79 Å². The van der Waals surface area contributed by atoms with Gasteiger partial charge in [0.25, 0.3) is 0 Å². The molecule has 1 aromatic carbocycles. The van der Waals surface area contributed by atoms with Crippen LogP contribution in [-0.2, 0) is 4.74 Å². The summed E-state index contributed by atoms with van der Waals surface area (Å²) in [5.41, 5.74) is 1.48. The van der Waals surface area contributed by atoms with Gasteiger partial charge in [0.15, 0.2) is 0 Å². The lowest BCUT2D eigenvalue weighted by Crippen LogP contribution is -2.47. The van der Waals surface area contributed by atoms with Crippen LogP contribution in [0.25, 0.3) is 0 Å². The Hall–Kier alpha value is -1.90. The number of carbonyl (C=O) groups is 2. The second kappa shape index (κ2) is 7.77. The second-order valence-electron chi connectivity index (χ2n) is 6.46. The molecule has 0 saturated carbocycles. The third-order valence-electron chi connectivity index (χ3n) is 4.29. The van der Waals surface area contributed by atoms with Crippen molar-refractivity contribution in [2.45, 2.75) is 37.3 Å². The number of hydrogen-bond acceptors (Lipinski definition) is 6. The minimum atomic E-state index is -1.01. The molecule has 26 heavy (non-hydrogen) atoms. The monoisotopic (exact) mass is 392 g/mol. The zero-order valence-electron chi connectivity index (χ0n) is 14.5. The van der Waals surface area contributed by atoms with Crippen molar-refractivity contribution < 1.29 is 19.4 Å². The van der Waals surface area contributed by atoms with Crippen LogP contribution >= 0.6 is 23.1 Å². The topological polar surface area (TPSA) is 79.7 Å². The van der Waals surface area contributed by atoms with E-state index in [4.69, 9.17) is 4.74 Å². The molecular weight excluding hydrogens is 372 g/mol. The molecule has 1 amide bonds. The molecule has 0 bridgehead atoms. The van der Waals surface area contributed by atoms with Gasteiger partial charge in [-0.05, 0) is 20.3 Å². The van der Waals surface area contributed by atoms with Crippen LogP contribution in [0.2, 0.25) is 0 Å². The molecule has 8 heteroatoms. The average Bonchev–Trinajstić information content (AvgIpc) is 3.22. The van der Waals surface area contributed by atoms with Gasteiger partial charge in [-0.2, -0.15) is 0 Å². The number of amides is 1. The SMILES string of the molecule is CC1(C)OC[C@H](C[C@@H](SC(=O)c2ccccc2)c2cncs2)N1C(=O)O. The maximum absolute atomic E-state index is 12.7. The first-order chi connectivity index (χ1) is 12.4. The minimum absolute atomic E-state index is 0.0379. The summed E-state index contributed by atoms with van der Waals surface area (Å²) < 4.78 is 5.67. The van der Waals surface area contributed by atoms with Crippen LogP contribution in [0.5, 0.6) is 0 Å². The van der Waals surface area contributed by atoms with Gasteiger partial charge in [0.1, 0.15) is 5.72 Å². The Bertz CT molecular complexity index is 765. The average molecular weight is 393 g/mol. The van der Waals surface area contributed by atoms with Crippen LogP contribution < -0.4 is 0 Å². The first-order valence-corrected chi connectivity index (χ1v) is 9.95. The molecule has 2 heterocycles. The van der Waals surface area contributed by atoms with Crippen LogP contribution in [0, 0.1) is 0 Å². The summed E-state index contributed by atoms with van der Waals surface area (Å²) in [6.45, 7) is 3.80. The fourth-order valence-electron chi connectivity index (χ4n) is 3.07. The van der Waals surface area contributed by atoms with Crippen molar-refractivity contribution in [3.8, 4) is 0 Å². The Kier molecular flexibility index (Phi) is 5.64. The Morgan fingerprint density at radius 2 is 2.15 bits per heavy atom. The fourth-order valence-corrected chi connectivity index (χ4v) is 5.02. The highest BCUT2D eigenvalue weighted by Gasteiger charge is 2.45. The number of hydrogen-bond donors (Lipinski definition) is 1. The van der Waals surface area contributed by atoms with Crippen molar-refractivity contribution in [1.29, 1.82) is 0 Å². The minimum Gasteiger partial charge on any atom is -0.465 e. The van der Waals surface area contributed by atoms with Crippen LogP contribution in [0.3, 0.4) is 0 Å². The molecule has 3 rings (SSSR count). The molecule has 0 spiro atoms. The molecule has 1 fully saturated rings. The first kappa shape index (κ1) is 18.9. The molecule has 1 aliphatic rings. The molecule has 1 N–H and O–H groups in total. The Labute approximate surface area is 160 Å². The molecule has 0 radical (unpaired) electrons. The van der Waals surface area contributed by atoms with E-state index in [2.05, 4.69) is 4.98 Å². The van der Waals surface area contributed by atoms with Gasteiger partial charge in [-0.15, -0.1) is 11.3 Å². The van der Waals surface area contributed by atoms with Crippen LogP contribution in [0.15, 0.2) is 42.0 Å². The van der Waals surface area contributed by atoms with Gasteiger partial charge in [0, 0.05) is 16.6 Å². The van der Waals surface area contributed by atoms with Crippen molar-refractivity contribution in [2.24, 2.45) is 0 Å². The smallest absolute Gasteiger partial charge is 0.409 e. The summed E-state index contributed by atoms with van der Waals surface area (Å²) in [6.07, 6.45) is 1.22. The van der Waals surface area contributed by atoms with E-state index < -0.39 is 11.8 Å². The maximum Gasteiger partial charge on any atom is 0.409 e. The second-order valence-corrected chi connectivity index (χ2v) is 8.56. The maximum atomic E-state index is 12.7. The number of thioether (sulfide) groups is 1. The van der Waals surface area contributed by atoms with E-state index in [1.165, 1.54) is 28.0 Å². The van der Waals surface area contributed by atoms with Gasteiger partial charge in [-0.3, -0.25) is 14.7 Å². The van der Waals surface area contributed by atoms with Crippen LogP contribution in [-0.4, -0.2) is 44.6 Å². The highest BCUT2D eigenvalue weighted by atomic mass is 32.2. The zero-order chi connectivity index (χ0) is 18.7. The quantitative estimate of drug-likeness (QED) is 0.819. The molecule has 138 valence electrons. The third kappa shape index (κ3) is 4.08. The van der Waals surface area contributed by atoms with Crippen molar-refractivity contribution in [2.75, 3.05) is 6.61 Å². The summed E-state index contributed by atoms with van der Waals surface area (Å²) in [4.78, 5) is 30.8. The number of thiazole rings is 1. The fraction of sp³-hybridized carbons (Fsp3) is 0.389. The van der Waals surface area contributed by atoms with Gasteiger partial charge < -0.3 is 9.84 Å². The summed E-state index contributed by atoms with van der Waals surface area (Å²) in [7, 11) is 0.